The van der Waals surface area contributed by atoms with Crippen molar-refractivity contribution in [2.45, 2.75) is 31.5 Å². The second kappa shape index (κ2) is 7.81. The summed E-state index contributed by atoms with van der Waals surface area (Å²) in [6.45, 7) is 3.22. The third-order valence-electron chi connectivity index (χ3n) is 4.65. The average molecular weight is 350 g/mol. The van der Waals surface area contributed by atoms with Crippen molar-refractivity contribution in [2.24, 2.45) is 0 Å². The van der Waals surface area contributed by atoms with E-state index in [9.17, 15) is 0 Å². The van der Waals surface area contributed by atoms with Gasteiger partial charge in [0.15, 0.2) is 6.10 Å². The zero-order valence-corrected chi connectivity index (χ0v) is 14.7. The number of aromatic nitrogens is 2. The van der Waals surface area contributed by atoms with Gasteiger partial charge in [-0.2, -0.15) is 0 Å². The molecule has 1 saturated heterocycles. The summed E-state index contributed by atoms with van der Waals surface area (Å²) in [4.78, 5) is 0. The van der Waals surface area contributed by atoms with Crippen LogP contribution in [0.15, 0.2) is 65.1 Å². The molecule has 0 spiro atoms. The maximum absolute atomic E-state index is 6.06. The molecule has 4 rings (SSSR count). The maximum Gasteiger partial charge on any atom is 0.249 e. The van der Waals surface area contributed by atoms with Gasteiger partial charge in [0.1, 0.15) is 0 Å². The lowest BCUT2D eigenvalue weighted by molar-refractivity contribution is 0.0682. The molecule has 0 aliphatic carbocycles. The van der Waals surface area contributed by atoms with Gasteiger partial charge in [-0.1, -0.05) is 60.7 Å². The second-order valence-electron chi connectivity index (χ2n) is 6.32. The summed E-state index contributed by atoms with van der Waals surface area (Å²) >= 11 is 0. The molecule has 5 heteroatoms. The highest BCUT2D eigenvalue weighted by Gasteiger charge is 2.35. The molecule has 0 saturated carbocycles. The van der Waals surface area contributed by atoms with Crippen LogP contribution in [0.2, 0.25) is 0 Å². The highest BCUT2D eigenvalue weighted by atomic mass is 16.5. The van der Waals surface area contributed by atoms with Crippen molar-refractivity contribution in [1.29, 1.82) is 0 Å². The molecule has 1 aliphatic rings. The molecule has 5 nitrogen and oxygen atoms in total. The lowest BCUT2D eigenvalue weighted by Crippen LogP contribution is -2.07. The maximum atomic E-state index is 6.06. The van der Waals surface area contributed by atoms with E-state index in [2.05, 4.69) is 22.3 Å². The Hall–Kier alpha value is -2.50. The molecule has 0 bridgehead atoms. The van der Waals surface area contributed by atoms with Crippen LogP contribution < -0.4 is 0 Å². The number of benzene rings is 2. The van der Waals surface area contributed by atoms with Gasteiger partial charge in [-0.15, -0.1) is 10.2 Å². The first-order valence-electron chi connectivity index (χ1n) is 9.03. The van der Waals surface area contributed by atoms with Crippen molar-refractivity contribution < 1.29 is 13.9 Å². The topological polar surface area (TPSA) is 57.4 Å². The second-order valence-corrected chi connectivity index (χ2v) is 6.32. The molecule has 134 valence electrons. The van der Waals surface area contributed by atoms with Crippen LogP contribution in [0.3, 0.4) is 0 Å². The Morgan fingerprint density at radius 1 is 1.04 bits per heavy atom. The minimum absolute atomic E-state index is 0.0493. The van der Waals surface area contributed by atoms with Crippen LogP contribution in [-0.2, 0) is 9.47 Å². The van der Waals surface area contributed by atoms with Gasteiger partial charge in [0.2, 0.25) is 11.8 Å². The van der Waals surface area contributed by atoms with Crippen LogP contribution >= 0.6 is 0 Å². The van der Waals surface area contributed by atoms with Crippen molar-refractivity contribution >= 4 is 0 Å². The van der Waals surface area contributed by atoms with Gasteiger partial charge in [0.05, 0.1) is 12.0 Å². The van der Waals surface area contributed by atoms with E-state index in [4.69, 9.17) is 13.9 Å². The molecule has 3 atom stereocenters. The van der Waals surface area contributed by atoms with Crippen LogP contribution in [0.25, 0.3) is 0 Å². The first kappa shape index (κ1) is 16.9. The van der Waals surface area contributed by atoms with Crippen molar-refractivity contribution in [3.63, 3.8) is 0 Å². The van der Waals surface area contributed by atoms with Gasteiger partial charge in [-0.05, 0) is 24.5 Å². The summed E-state index contributed by atoms with van der Waals surface area (Å²) in [6.07, 6.45) is 0.470. The standard InChI is InChI=1S/C21H22N2O3/c1-2-24-19(16-11-7-4-8-12-16)21-23-22-20(26-21)17-13-14-25-18(17)15-9-5-3-6-10-15/h3-12,17-19H,2,13-14H2,1H3/t17-,18+,19?/m0/s1. The minimum Gasteiger partial charge on any atom is -0.422 e. The van der Waals surface area contributed by atoms with E-state index in [1.807, 2.05) is 55.5 Å². The van der Waals surface area contributed by atoms with Gasteiger partial charge in [-0.3, -0.25) is 0 Å². The normalized spacial score (nSPS) is 21.0. The Bertz CT molecular complexity index is 820. The molecule has 1 aliphatic heterocycles. The molecule has 0 N–H and O–H groups in total. The van der Waals surface area contributed by atoms with Gasteiger partial charge in [0, 0.05) is 13.2 Å². The van der Waals surface area contributed by atoms with Crippen molar-refractivity contribution in [1.82, 2.24) is 10.2 Å². The molecule has 1 unspecified atom stereocenters. The molecule has 1 aromatic heterocycles. The Labute approximate surface area is 153 Å². The van der Waals surface area contributed by atoms with Gasteiger partial charge < -0.3 is 13.9 Å². The van der Waals surface area contributed by atoms with Crippen LogP contribution in [0.5, 0.6) is 0 Å². The third kappa shape index (κ3) is 3.41. The number of hydrogen-bond acceptors (Lipinski definition) is 5. The van der Waals surface area contributed by atoms with E-state index in [0.717, 1.165) is 17.5 Å². The monoisotopic (exact) mass is 350 g/mol. The molecule has 2 aromatic carbocycles. The van der Waals surface area contributed by atoms with E-state index >= 15 is 0 Å². The fourth-order valence-corrected chi connectivity index (χ4v) is 3.42. The van der Waals surface area contributed by atoms with Crippen molar-refractivity contribution in [3.8, 4) is 0 Å². The van der Waals surface area contributed by atoms with E-state index < -0.39 is 0 Å². The quantitative estimate of drug-likeness (QED) is 0.658. The van der Waals surface area contributed by atoms with Crippen LogP contribution in [0.1, 0.15) is 54.4 Å². The zero-order valence-electron chi connectivity index (χ0n) is 14.7. The lowest BCUT2D eigenvalue weighted by Gasteiger charge is -2.16. The Morgan fingerprint density at radius 3 is 2.50 bits per heavy atom. The molecule has 3 aromatic rings. The van der Waals surface area contributed by atoms with E-state index in [1.165, 1.54) is 0 Å². The van der Waals surface area contributed by atoms with Crippen molar-refractivity contribution in [2.75, 3.05) is 13.2 Å². The zero-order chi connectivity index (χ0) is 17.8. The summed E-state index contributed by atoms with van der Waals surface area (Å²) in [5, 5.41) is 8.61. The van der Waals surface area contributed by atoms with Crippen LogP contribution in [0, 0.1) is 0 Å². The number of rotatable bonds is 6. The molecule has 26 heavy (non-hydrogen) atoms. The molecule has 1 fully saturated rings. The van der Waals surface area contributed by atoms with E-state index in [0.29, 0.717) is 25.0 Å². The fraction of sp³-hybridized carbons (Fsp3) is 0.333. The summed E-state index contributed by atoms with van der Waals surface area (Å²) in [6, 6.07) is 20.2. The van der Waals surface area contributed by atoms with Gasteiger partial charge in [-0.25, -0.2) is 0 Å². The predicted molar refractivity (Wildman–Crippen MR) is 96.7 cm³/mol. The Balaban J connectivity index is 1.60. The summed E-state index contributed by atoms with van der Waals surface area (Å²) in [5.41, 5.74) is 2.14. The van der Waals surface area contributed by atoms with Gasteiger partial charge in [0.25, 0.3) is 0 Å². The Kier molecular flexibility index (Phi) is 5.09. The molecule has 0 amide bonds. The predicted octanol–water partition coefficient (Wildman–Crippen LogP) is 4.44. The van der Waals surface area contributed by atoms with Crippen molar-refractivity contribution in [3.05, 3.63) is 83.6 Å². The summed E-state index contributed by atoms with van der Waals surface area (Å²) < 4.78 is 17.9. The number of nitrogens with zero attached hydrogens (tertiary/aromatic N) is 2. The smallest absolute Gasteiger partial charge is 0.249 e. The van der Waals surface area contributed by atoms with E-state index in [-0.39, 0.29) is 18.1 Å². The van der Waals surface area contributed by atoms with Crippen LogP contribution in [-0.4, -0.2) is 23.4 Å². The largest absolute Gasteiger partial charge is 0.422 e. The van der Waals surface area contributed by atoms with Gasteiger partial charge >= 0.3 is 0 Å². The third-order valence-corrected chi connectivity index (χ3v) is 4.65. The summed E-state index contributed by atoms with van der Waals surface area (Å²) in [5.74, 6) is 1.18. The van der Waals surface area contributed by atoms with Crippen LogP contribution in [0.4, 0.5) is 0 Å². The minimum atomic E-state index is -0.347. The molecular formula is C21H22N2O3. The SMILES string of the molecule is CCOC(c1ccccc1)c1nnc([C@H]2CCO[C@@H]2c2ccccc2)o1. The number of hydrogen-bond donors (Lipinski definition) is 0. The highest BCUT2D eigenvalue weighted by Crippen LogP contribution is 2.41. The van der Waals surface area contributed by atoms with E-state index in [1.54, 1.807) is 0 Å². The Morgan fingerprint density at radius 2 is 1.77 bits per heavy atom. The molecule has 0 radical (unpaired) electrons. The molecule has 2 heterocycles. The number of ether oxygens (including phenoxy) is 2. The first-order chi connectivity index (χ1) is 12.9. The highest BCUT2D eigenvalue weighted by molar-refractivity contribution is 5.24. The fourth-order valence-electron chi connectivity index (χ4n) is 3.42. The molecular weight excluding hydrogens is 328 g/mol. The summed E-state index contributed by atoms with van der Waals surface area (Å²) in [7, 11) is 0. The first-order valence-corrected chi connectivity index (χ1v) is 9.03. The lowest BCUT2D eigenvalue weighted by atomic mass is 9.95. The average Bonchev–Trinajstić information content (AvgIpc) is 3.37.